The first-order chi connectivity index (χ1) is 34.7. The molecule has 0 aromatic rings. The highest BCUT2D eigenvalue weighted by atomic mass is 35.5. The maximum absolute atomic E-state index is 14.3. The van der Waals surface area contributed by atoms with E-state index in [2.05, 4.69) is 16.3 Å². The van der Waals surface area contributed by atoms with Crippen LogP contribution in [0.1, 0.15) is 89.9 Å². The highest BCUT2D eigenvalue weighted by Gasteiger charge is 2.75. The third-order valence-electron chi connectivity index (χ3n) is 11.5. The number of rotatable bonds is 30. The van der Waals surface area contributed by atoms with Crippen LogP contribution < -0.4 is 21.9 Å². The zero-order valence-corrected chi connectivity index (χ0v) is 46.1. The van der Waals surface area contributed by atoms with Gasteiger partial charge in [0, 0.05) is 38.7 Å². The van der Waals surface area contributed by atoms with Gasteiger partial charge in [-0.3, -0.25) is 0 Å². The average molecular weight is 1330 g/mol. The van der Waals surface area contributed by atoms with E-state index in [4.69, 9.17) is 0 Å². The van der Waals surface area contributed by atoms with E-state index in [9.17, 15) is 140 Å². The molecular formula is C40H62Cl2F28N4O4S2. The molecule has 2 unspecified atom stereocenters. The third kappa shape index (κ3) is 27.6. The first-order valence-electron chi connectivity index (χ1n) is 22.8. The Morgan fingerprint density at radius 3 is 0.875 bits per heavy atom. The van der Waals surface area contributed by atoms with Crippen molar-refractivity contribution in [1.82, 2.24) is 14.3 Å². The average Bonchev–Trinajstić information content (AvgIpc) is 3.22. The van der Waals surface area contributed by atoms with Crippen LogP contribution in [-0.4, -0.2) is 178 Å². The van der Waals surface area contributed by atoms with E-state index in [1.165, 1.54) is 6.38 Å². The van der Waals surface area contributed by atoms with Crippen molar-refractivity contribution >= 4 is 31.6 Å². The lowest BCUT2D eigenvalue weighted by molar-refractivity contribution is -0.870. The van der Waals surface area contributed by atoms with Crippen molar-refractivity contribution in [2.75, 3.05) is 79.3 Å². The smallest absolute Gasteiger partial charge is 0.431 e. The van der Waals surface area contributed by atoms with Crippen molar-refractivity contribution in [3.05, 3.63) is 0 Å². The minimum atomic E-state index is -6.52. The molecule has 0 saturated carbocycles. The fourth-order valence-corrected chi connectivity index (χ4v) is 9.45. The molecule has 488 valence electrons. The van der Waals surface area contributed by atoms with Crippen LogP contribution in [0.3, 0.4) is 0 Å². The molecule has 0 amide bonds. The Hall–Kier alpha value is -1.64. The van der Waals surface area contributed by atoms with Gasteiger partial charge in [0.2, 0.25) is 20.0 Å². The van der Waals surface area contributed by atoms with Crippen LogP contribution in [0.5, 0.6) is 0 Å². The number of unbranched alkanes of at least 4 members (excludes halogenated alkanes) is 2. The number of quaternary nitrogens is 1. The van der Waals surface area contributed by atoms with Crippen molar-refractivity contribution in [2.24, 2.45) is 11.8 Å². The summed E-state index contributed by atoms with van der Waals surface area (Å²) in [6.07, 6.45) is -67.8. The maximum Gasteiger partial charge on any atom is 0.431 e. The molecule has 0 spiro atoms. The molecule has 0 rings (SSSR count). The lowest BCUT2D eigenvalue weighted by Gasteiger charge is -2.33. The Labute approximate surface area is 454 Å². The largest absolute Gasteiger partial charge is 1.00 e. The molecule has 0 saturated heterocycles. The van der Waals surface area contributed by atoms with E-state index in [0.29, 0.717) is 17.6 Å². The Morgan fingerprint density at radius 1 is 0.400 bits per heavy atom. The number of hydrogen-bond donors (Lipinski definition) is 2. The van der Waals surface area contributed by atoms with Gasteiger partial charge in [0.1, 0.15) is 0 Å². The molecule has 0 heterocycles. The third-order valence-corrected chi connectivity index (χ3v) is 14.4. The molecule has 0 bridgehead atoms. The summed E-state index contributed by atoms with van der Waals surface area (Å²) in [7, 11) is 0.0213. The van der Waals surface area contributed by atoms with Crippen LogP contribution in [0.25, 0.3) is 0 Å². The summed E-state index contributed by atoms with van der Waals surface area (Å²) >= 11 is 4.64. The number of alkyl halides is 29. The fourth-order valence-electron chi connectivity index (χ4n) is 6.96. The summed E-state index contributed by atoms with van der Waals surface area (Å²) in [6, 6.07) is 0. The minimum Gasteiger partial charge on any atom is -1.00 e. The molecule has 8 nitrogen and oxygen atoms in total. The van der Waals surface area contributed by atoms with Gasteiger partial charge in [-0.15, -0.1) is 11.6 Å². The summed E-state index contributed by atoms with van der Waals surface area (Å²) in [5.74, 6) is -6.42. The number of nitrogens with zero attached hydrogens (tertiary/aromatic N) is 2. The molecule has 80 heavy (non-hydrogen) atoms. The summed E-state index contributed by atoms with van der Waals surface area (Å²) in [6.45, 7) is 0.544. The van der Waals surface area contributed by atoms with E-state index < -0.39 is 193 Å². The van der Waals surface area contributed by atoms with Gasteiger partial charge in [0.05, 0.1) is 39.2 Å². The molecule has 40 heteroatoms. The second-order valence-corrected chi connectivity index (χ2v) is 23.2. The zero-order valence-electron chi connectivity index (χ0n) is 43.0. The van der Waals surface area contributed by atoms with Gasteiger partial charge in [0.25, 0.3) is 22.7 Å². The van der Waals surface area contributed by atoms with Gasteiger partial charge in [-0.05, 0) is 77.4 Å². The predicted octanol–water partition coefficient (Wildman–Crippen LogP) is 11.0. The lowest BCUT2D eigenvalue weighted by Crippen LogP contribution is -3.00. The second-order valence-electron chi connectivity index (χ2n) is 19.3. The van der Waals surface area contributed by atoms with Crippen LogP contribution in [0.15, 0.2) is 0 Å². The van der Waals surface area contributed by atoms with E-state index in [0.717, 1.165) is 0 Å². The van der Waals surface area contributed by atoms with Crippen LogP contribution in [0, 0.1) is 11.8 Å². The molecule has 0 aromatic heterocycles. The first-order valence-corrected chi connectivity index (χ1v) is 26.8. The maximum atomic E-state index is 14.3. The number of nitrogens with one attached hydrogen (secondary N) is 2. The van der Waals surface area contributed by atoms with Gasteiger partial charge in [-0.25, -0.2) is 43.8 Å². The summed E-state index contributed by atoms with van der Waals surface area (Å²) in [4.78, 5) is 1.67. The van der Waals surface area contributed by atoms with Crippen molar-refractivity contribution in [3.63, 3.8) is 0 Å². The van der Waals surface area contributed by atoms with Gasteiger partial charge in [-0.1, -0.05) is 25.7 Å². The summed E-state index contributed by atoms with van der Waals surface area (Å²) in [5.41, 5.74) is -23.1. The zero-order chi connectivity index (χ0) is 63.8. The molecular weight excluding hydrogens is 1270 g/mol. The molecule has 0 aliphatic carbocycles. The second kappa shape index (κ2) is 31.7. The Morgan fingerprint density at radius 2 is 0.650 bits per heavy atom. The highest BCUT2D eigenvalue weighted by Crippen LogP contribution is 2.54. The van der Waals surface area contributed by atoms with Crippen LogP contribution >= 0.6 is 11.6 Å². The molecule has 2 atom stereocenters. The molecule has 0 aliphatic heterocycles. The summed E-state index contributed by atoms with van der Waals surface area (Å²) in [5, 5.41) is 0. The molecule has 0 fully saturated rings. The van der Waals surface area contributed by atoms with Crippen LogP contribution in [0.4, 0.5) is 123 Å². The van der Waals surface area contributed by atoms with E-state index >= 15 is 0 Å². The standard InChI is InChI=1S/C20H31F14N2O2S.C19H28F14N2O2S.CH3Cl.ClH/c1-36(2,3)11-6-10-35-39(37,38)12-8-14(13-16(22,19(29,30)31)20(32,33)34)7-4-5-9-15(21,17(23,24)25)18(26,27)28;1-35(2)10-5-9-34-38(36,37)11-7-13(12-15(21,18(28,29)30)19(31,32)33)6-3-4-8-14(20,16(22,23)24)17(25,26)27;1-2;/h14,35H,4-13H2,1-3H3;13,34H,3-12H2,1-2H3;1H3;1H/q+1;;;/p-1. The van der Waals surface area contributed by atoms with Gasteiger partial charge < -0.3 is 21.8 Å². The molecule has 0 radical (unpaired) electrons. The van der Waals surface area contributed by atoms with Crippen molar-refractivity contribution in [3.8, 4) is 0 Å². The minimum absolute atomic E-state index is 0. The van der Waals surface area contributed by atoms with Crippen molar-refractivity contribution in [2.45, 2.75) is 162 Å². The Bertz CT molecular complexity index is 1910. The van der Waals surface area contributed by atoms with Gasteiger partial charge in [-0.2, -0.15) is 105 Å². The fraction of sp³-hybridized carbons (Fsp3) is 1.00. The van der Waals surface area contributed by atoms with Crippen molar-refractivity contribution < 1.29 is 157 Å². The van der Waals surface area contributed by atoms with Crippen molar-refractivity contribution in [1.29, 1.82) is 0 Å². The van der Waals surface area contributed by atoms with E-state index in [1.54, 1.807) is 40.1 Å². The monoisotopic (exact) mass is 1330 g/mol. The first kappa shape index (κ1) is 84.8. The Balaban J connectivity index is -0.000000692. The summed E-state index contributed by atoms with van der Waals surface area (Å²) < 4.78 is 417. The number of sulfonamides is 2. The topological polar surface area (TPSA) is 95.6 Å². The number of hydrogen-bond acceptors (Lipinski definition) is 5. The molecule has 0 aliphatic rings. The molecule has 0 aromatic carbocycles. The Kier molecular flexibility index (Phi) is 33.6. The van der Waals surface area contributed by atoms with E-state index in [-0.39, 0.29) is 38.3 Å². The predicted molar refractivity (Wildman–Crippen MR) is 232 cm³/mol. The van der Waals surface area contributed by atoms with Crippen LogP contribution in [-0.2, 0) is 20.0 Å². The normalized spacial score (nSPS) is 15.4. The molecule has 2 N–H and O–H groups in total. The van der Waals surface area contributed by atoms with Crippen LogP contribution in [0.2, 0.25) is 0 Å². The SMILES string of the molecule is CCl.CN(C)CCCNS(=O)(=O)CCC(CCCCC(F)(C(F)(F)F)C(F)(F)F)CC(F)(C(F)(F)F)C(F)(F)F.C[N+](C)(C)CCCNS(=O)(=O)CCC(CCCCC(F)(C(F)(F)F)C(F)(F)F)CC(F)(C(F)(F)F)C(F)(F)F.[Cl-]. The highest BCUT2D eigenvalue weighted by molar-refractivity contribution is 7.89. The number of halogens is 30. The van der Waals surface area contributed by atoms with E-state index in [1.807, 2.05) is 4.72 Å². The lowest BCUT2D eigenvalue weighted by atomic mass is 9.85. The van der Waals surface area contributed by atoms with Gasteiger partial charge >= 0.3 is 49.4 Å². The van der Waals surface area contributed by atoms with Gasteiger partial charge in [0.15, 0.2) is 0 Å². The quantitative estimate of drug-likeness (QED) is 0.0323.